The van der Waals surface area contributed by atoms with E-state index in [9.17, 15) is 0 Å². The molecule has 2 unspecified atom stereocenters. The topological polar surface area (TPSA) is 15.3 Å². The Bertz CT molecular complexity index is 229. The van der Waals surface area contributed by atoms with Gasteiger partial charge in [-0.2, -0.15) is 0 Å². The first-order valence-corrected chi connectivity index (χ1v) is 8.21. The number of nitrogens with zero attached hydrogens (tertiary/aromatic N) is 1. The Balaban J connectivity index is 1.70. The second kappa shape index (κ2) is 6.91. The average molecular weight is 252 g/mol. The normalized spacial score (nSPS) is 26.2. The third kappa shape index (κ3) is 4.24. The van der Waals surface area contributed by atoms with Gasteiger partial charge in [0.1, 0.15) is 0 Å². The summed E-state index contributed by atoms with van der Waals surface area (Å²) in [5, 5.41) is 3.92. The van der Waals surface area contributed by atoms with Crippen molar-refractivity contribution in [3.05, 3.63) is 0 Å². The zero-order valence-corrected chi connectivity index (χ0v) is 12.6. The summed E-state index contributed by atoms with van der Waals surface area (Å²) in [4.78, 5) is 2.59. The molecular formula is C16H32N2. The van der Waals surface area contributed by atoms with Crippen LogP contribution in [0.2, 0.25) is 0 Å². The minimum absolute atomic E-state index is 0.715. The van der Waals surface area contributed by atoms with Gasteiger partial charge in [0, 0.05) is 12.1 Å². The SMILES string of the molecule is CCC(CC1CC1)NC(C)C1CCN(CC)CC1. The van der Waals surface area contributed by atoms with Crippen LogP contribution in [-0.2, 0) is 0 Å². The summed E-state index contributed by atoms with van der Waals surface area (Å²) in [5.41, 5.74) is 0. The van der Waals surface area contributed by atoms with Crippen molar-refractivity contribution < 1.29 is 0 Å². The molecule has 0 aromatic heterocycles. The molecule has 2 aliphatic rings. The molecule has 2 heteroatoms. The standard InChI is InChI=1S/C16H32N2/c1-4-16(12-14-6-7-14)17-13(3)15-8-10-18(5-2)11-9-15/h13-17H,4-12H2,1-3H3. The largest absolute Gasteiger partial charge is 0.311 e. The van der Waals surface area contributed by atoms with E-state index in [2.05, 4.69) is 31.0 Å². The van der Waals surface area contributed by atoms with Gasteiger partial charge in [-0.1, -0.05) is 26.7 Å². The molecule has 0 aromatic rings. The van der Waals surface area contributed by atoms with Gasteiger partial charge in [0.2, 0.25) is 0 Å². The summed E-state index contributed by atoms with van der Waals surface area (Å²) in [7, 11) is 0. The molecular weight excluding hydrogens is 220 g/mol. The smallest absolute Gasteiger partial charge is 0.00705 e. The third-order valence-corrected chi connectivity index (χ3v) is 5.09. The fourth-order valence-electron chi connectivity index (χ4n) is 3.39. The van der Waals surface area contributed by atoms with Crippen molar-refractivity contribution in [2.45, 2.75) is 71.4 Å². The summed E-state index contributed by atoms with van der Waals surface area (Å²) in [6.45, 7) is 10.9. The molecule has 2 nitrogen and oxygen atoms in total. The average Bonchev–Trinajstić information content (AvgIpc) is 3.22. The van der Waals surface area contributed by atoms with Crippen LogP contribution in [0.1, 0.15) is 59.3 Å². The molecule has 0 spiro atoms. The van der Waals surface area contributed by atoms with Crippen LogP contribution in [0.15, 0.2) is 0 Å². The van der Waals surface area contributed by atoms with Crippen LogP contribution in [0.5, 0.6) is 0 Å². The quantitative estimate of drug-likeness (QED) is 0.748. The van der Waals surface area contributed by atoms with E-state index in [1.54, 1.807) is 0 Å². The Hall–Kier alpha value is -0.0800. The minimum Gasteiger partial charge on any atom is -0.311 e. The van der Waals surface area contributed by atoms with E-state index in [1.165, 1.54) is 58.2 Å². The molecule has 1 saturated carbocycles. The van der Waals surface area contributed by atoms with Gasteiger partial charge in [-0.3, -0.25) is 0 Å². The maximum Gasteiger partial charge on any atom is 0.00705 e. The van der Waals surface area contributed by atoms with E-state index >= 15 is 0 Å². The van der Waals surface area contributed by atoms with Crippen molar-refractivity contribution in [3.63, 3.8) is 0 Å². The molecule has 18 heavy (non-hydrogen) atoms. The molecule has 0 bridgehead atoms. The summed E-state index contributed by atoms with van der Waals surface area (Å²) < 4.78 is 0. The van der Waals surface area contributed by atoms with Crippen molar-refractivity contribution in [2.75, 3.05) is 19.6 Å². The van der Waals surface area contributed by atoms with Crippen molar-refractivity contribution >= 4 is 0 Å². The van der Waals surface area contributed by atoms with Gasteiger partial charge in [0.05, 0.1) is 0 Å². The molecule has 1 heterocycles. The highest BCUT2D eigenvalue weighted by molar-refractivity contribution is 4.84. The predicted octanol–water partition coefficient (Wildman–Crippen LogP) is 3.28. The summed E-state index contributed by atoms with van der Waals surface area (Å²) in [6.07, 6.45) is 8.48. The zero-order valence-electron chi connectivity index (χ0n) is 12.6. The summed E-state index contributed by atoms with van der Waals surface area (Å²) in [6, 6.07) is 1.49. The first-order chi connectivity index (χ1) is 8.72. The van der Waals surface area contributed by atoms with Crippen LogP contribution in [0.25, 0.3) is 0 Å². The van der Waals surface area contributed by atoms with Crippen molar-refractivity contribution in [1.29, 1.82) is 0 Å². The van der Waals surface area contributed by atoms with Gasteiger partial charge in [0.25, 0.3) is 0 Å². The van der Waals surface area contributed by atoms with E-state index in [4.69, 9.17) is 0 Å². The third-order valence-electron chi connectivity index (χ3n) is 5.09. The Morgan fingerprint density at radius 3 is 2.28 bits per heavy atom. The van der Waals surface area contributed by atoms with Gasteiger partial charge >= 0.3 is 0 Å². The van der Waals surface area contributed by atoms with Crippen LogP contribution in [-0.4, -0.2) is 36.6 Å². The molecule has 2 rings (SSSR count). The molecule has 1 saturated heterocycles. The number of piperidine rings is 1. The van der Waals surface area contributed by atoms with E-state index in [1.807, 2.05) is 0 Å². The summed E-state index contributed by atoms with van der Waals surface area (Å²) >= 11 is 0. The molecule has 0 radical (unpaired) electrons. The Labute approximate surface area is 114 Å². The van der Waals surface area contributed by atoms with Crippen LogP contribution in [0.3, 0.4) is 0 Å². The maximum atomic E-state index is 3.92. The van der Waals surface area contributed by atoms with Crippen LogP contribution in [0.4, 0.5) is 0 Å². The molecule has 1 aliphatic carbocycles. The highest BCUT2D eigenvalue weighted by Crippen LogP contribution is 2.34. The predicted molar refractivity (Wildman–Crippen MR) is 78.9 cm³/mol. The fourth-order valence-corrected chi connectivity index (χ4v) is 3.39. The highest BCUT2D eigenvalue weighted by Gasteiger charge is 2.28. The van der Waals surface area contributed by atoms with Gasteiger partial charge in [-0.05, 0) is 64.1 Å². The Morgan fingerprint density at radius 2 is 1.78 bits per heavy atom. The number of hydrogen-bond donors (Lipinski definition) is 1. The lowest BCUT2D eigenvalue weighted by Gasteiger charge is -2.36. The lowest BCUT2D eigenvalue weighted by atomic mass is 9.89. The Kier molecular flexibility index (Phi) is 5.50. The van der Waals surface area contributed by atoms with Crippen molar-refractivity contribution in [1.82, 2.24) is 10.2 Å². The second-order valence-corrected chi connectivity index (χ2v) is 6.51. The molecule has 1 aliphatic heterocycles. The minimum atomic E-state index is 0.715. The molecule has 0 aromatic carbocycles. The molecule has 1 N–H and O–H groups in total. The lowest BCUT2D eigenvalue weighted by Crippen LogP contribution is -2.45. The molecule has 0 amide bonds. The fraction of sp³-hybridized carbons (Fsp3) is 1.00. The van der Waals surface area contributed by atoms with Crippen molar-refractivity contribution in [2.24, 2.45) is 11.8 Å². The van der Waals surface area contributed by atoms with Crippen LogP contribution < -0.4 is 5.32 Å². The van der Waals surface area contributed by atoms with E-state index in [0.29, 0.717) is 6.04 Å². The lowest BCUT2D eigenvalue weighted by molar-refractivity contribution is 0.162. The second-order valence-electron chi connectivity index (χ2n) is 6.51. The van der Waals surface area contributed by atoms with Crippen LogP contribution >= 0.6 is 0 Å². The van der Waals surface area contributed by atoms with Gasteiger partial charge in [0.15, 0.2) is 0 Å². The monoisotopic (exact) mass is 252 g/mol. The van der Waals surface area contributed by atoms with Gasteiger partial charge in [-0.15, -0.1) is 0 Å². The Morgan fingerprint density at radius 1 is 1.11 bits per heavy atom. The number of nitrogens with one attached hydrogen (secondary N) is 1. The number of hydrogen-bond acceptors (Lipinski definition) is 2. The van der Waals surface area contributed by atoms with Gasteiger partial charge in [-0.25, -0.2) is 0 Å². The number of likely N-dealkylation sites (tertiary alicyclic amines) is 1. The van der Waals surface area contributed by atoms with Gasteiger partial charge < -0.3 is 10.2 Å². The van der Waals surface area contributed by atoms with Crippen molar-refractivity contribution in [3.8, 4) is 0 Å². The maximum absolute atomic E-state index is 3.92. The molecule has 2 fully saturated rings. The first-order valence-electron chi connectivity index (χ1n) is 8.21. The van der Waals surface area contributed by atoms with E-state index in [-0.39, 0.29) is 0 Å². The summed E-state index contributed by atoms with van der Waals surface area (Å²) in [5.74, 6) is 1.96. The van der Waals surface area contributed by atoms with E-state index < -0.39 is 0 Å². The zero-order chi connectivity index (χ0) is 13.0. The number of rotatable bonds is 7. The first kappa shape index (κ1) is 14.3. The van der Waals surface area contributed by atoms with Crippen LogP contribution in [0, 0.1) is 11.8 Å². The molecule has 106 valence electrons. The highest BCUT2D eigenvalue weighted by atomic mass is 15.1. The molecule has 2 atom stereocenters. The van der Waals surface area contributed by atoms with E-state index in [0.717, 1.165) is 17.9 Å².